The van der Waals surface area contributed by atoms with Crippen molar-refractivity contribution in [2.45, 2.75) is 6.92 Å². The molecule has 9 rings (SSSR count). The van der Waals surface area contributed by atoms with E-state index in [0.717, 1.165) is 78.1 Å². The molecule has 0 aliphatic carbocycles. The number of hydrogen-bond acceptors (Lipinski definition) is 5. The number of nitrogens with zero attached hydrogens (tertiary/aromatic N) is 1. The number of ether oxygens (including phenoxy) is 4. The van der Waals surface area contributed by atoms with Gasteiger partial charge in [-0.2, -0.15) is 0 Å². The van der Waals surface area contributed by atoms with Crippen LogP contribution in [-0.2, 0) is 0 Å². The predicted molar refractivity (Wildman–Crippen MR) is 301 cm³/mol. The van der Waals surface area contributed by atoms with Crippen LogP contribution in [0.4, 0.5) is 5.69 Å². The van der Waals surface area contributed by atoms with Gasteiger partial charge in [0.25, 0.3) is 0 Å². The monoisotopic (exact) mass is 951 g/mol. The van der Waals surface area contributed by atoms with Crippen LogP contribution >= 0.6 is 0 Å². The first-order valence-electron chi connectivity index (χ1n) is 24.4. The van der Waals surface area contributed by atoms with Gasteiger partial charge in [-0.15, -0.1) is 0 Å². The Balaban J connectivity index is 1.01. The minimum Gasteiger partial charge on any atom is -0.493 e. The van der Waals surface area contributed by atoms with E-state index in [1.54, 1.807) is 0 Å². The van der Waals surface area contributed by atoms with Gasteiger partial charge in [0.1, 0.15) is 54.8 Å². The maximum absolute atomic E-state index is 6.79. The molecule has 0 aliphatic rings. The van der Waals surface area contributed by atoms with Crippen LogP contribution in [0.15, 0.2) is 267 Å². The van der Waals surface area contributed by atoms with Crippen molar-refractivity contribution in [3.63, 3.8) is 0 Å². The minimum absolute atomic E-state index is 0.192. The second kappa shape index (κ2) is 23.6. The molecule has 0 bridgehead atoms. The van der Waals surface area contributed by atoms with E-state index >= 15 is 0 Å². The van der Waals surface area contributed by atoms with Crippen molar-refractivity contribution in [3.05, 3.63) is 312 Å². The van der Waals surface area contributed by atoms with Crippen LogP contribution in [0.3, 0.4) is 0 Å². The highest BCUT2D eigenvalue weighted by molar-refractivity contribution is 5.99. The number of aryl methyl sites for hydroxylation is 1. The summed E-state index contributed by atoms with van der Waals surface area (Å²) in [5.41, 5.74) is 13.0. The normalized spacial score (nSPS) is 10.9. The average molecular weight is 952 g/mol. The third kappa shape index (κ3) is 13.0. The van der Waals surface area contributed by atoms with E-state index in [-0.39, 0.29) is 26.4 Å². The van der Waals surface area contributed by atoms with Gasteiger partial charge in [0.15, 0.2) is 0 Å². The van der Waals surface area contributed by atoms with Gasteiger partial charge < -0.3 is 18.9 Å². The highest BCUT2D eigenvalue weighted by Gasteiger charge is 2.36. The molecule has 73 heavy (non-hydrogen) atoms. The number of aliphatic imine (C=N–C) groups is 1. The summed E-state index contributed by atoms with van der Waals surface area (Å²) in [5.74, 6) is 6.11. The fourth-order valence-corrected chi connectivity index (χ4v) is 8.31. The molecule has 0 N–H and O–H groups in total. The molecule has 0 aliphatic heterocycles. The molecular formula is C68H57NO4. The van der Waals surface area contributed by atoms with Gasteiger partial charge in [0.05, 0.1) is 11.3 Å². The molecule has 0 fully saturated rings. The molecule has 0 heterocycles. The van der Waals surface area contributed by atoms with Crippen molar-refractivity contribution < 1.29 is 18.9 Å². The van der Waals surface area contributed by atoms with E-state index < -0.39 is 5.41 Å². The molecule has 0 saturated heterocycles. The van der Waals surface area contributed by atoms with Gasteiger partial charge in [-0.1, -0.05) is 190 Å². The smallest absolute Gasteiger partial charge is 0.119 e. The van der Waals surface area contributed by atoms with E-state index in [4.69, 9.17) is 23.9 Å². The lowest BCUT2D eigenvalue weighted by atomic mass is 9.91. The summed E-state index contributed by atoms with van der Waals surface area (Å²) in [6, 6.07) is 81.0. The standard InChI is InChI=1S/C68H57NO4/c1-50-18-17-27-62(44-50)69-45-67(60-25-15-8-16-26-60)61-34-42-66(43-35-61)73-49-68(46-70-63-36-28-57(29-37-63)51(2)54-19-9-5-10-20-54,47-71-64-38-30-58(31-39-64)52(3)55-21-11-6-12-22-55)48-72-65-40-32-59(33-41-65)53(4)56-23-13-7-14-24-56/h5-44H,2-4,46-49H2,1H3. The zero-order valence-corrected chi connectivity index (χ0v) is 41.1. The lowest BCUT2D eigenvalue weighted by Crippen LogP contribution is -2.45. The first-order valence-corrected chi connectivity index (χ1v) is 24.4. The Morgan fingerprint density at radius 1 is 0.356 bits per heavy atom. The van der Waals surface area contributed by atoms with Gasteiger partial charge in [0, 0.05) is 0 Å². The second-order valence-electron chi connectivity index (χ2n) is 18.1. The third-order valence-electron chi connectivity index (χ3n) is 12.7. The summed E-state index contributed by atoms with van der Waals surface area (Å²) in [4.78, 5) is 4.76. The maximum atomic E-state index is 6.79. The van der Waals surface area contributed by atoms with Crippen LogP contribution < -0.4 is 18.9 Å². The molecule has 9 aromatic carbocycles. The number of rotatable bonds is 21. The van der Waals surface area contributed by atoms with Crippen LogP contribution in [0.1, 0.15) is 50.1 Å². The summed E-state index contributed by atoms with van der Waals surface area (Å²) in [7, 11) is 0. The Bertz CT molecular complexity index is 3090. The Labute approximate surface area is 430 Å². The second-order valence-corrected chi connectivity index (χ2v) is 18.1. The van der Waals surface area contributed by atoms with Gasteiger partial charge in [-0.3, -0.25) is 0 Å². The van der Waals surface area contributed by atoms with Gasteiger partial charge in [0.2, 0.25) is 0 Å². The Kier molecular flexibility index (Phi) is 15.8. The quantitative estimate of drug-likeness (QED) is 0.0674. The summed E-state index contributed by atoms with van der Waals surface area (Å²) < 4.78 is 27.0. The van der Waals surface area contributed by atoms with Crippen molar-refractivity contribution in [2.24, 2.45) is 10.4 Å². The van der Waals surface area contributed by atoms with Gasteiger partial charge >= 0.3 is 0 Å². The van der Waals surface area contributed by atoms with E-state index in [0.29, 0.717) is 23.0 Å². The highest BCUT2D eigenvalue weighted by atomic mass is 16.5. The first-order chi connectivity index (χ1) is 35.8. The van der Waals surface area contributed by atoms with Crippen molar-refractivity contribution in [3.8, 4) is 23.0 Å². The molecule has 0 spiro atoms. The molecule has 358 valence electrons. The van der Waals surface area contributed by atoms with Crippen LogP contribution in [-0.4, -0.2) is 32.3 Å². The topological polar surface area (TPSA) is 49.3 Å². The third-order valence-corrected chi connectivity index (χ3v) is 12.7. The summed E-state index contributed by atoms with van der Waals surface area (Å²) in [6.07, 6.45) is 0. The van der Waals surface area contributed by atoms with E-state index in [2.05, 4.69) is 87.1 Å². The van der Waals surface area contributed by atoms with E-state index in [1.807, 2.05) is 188 Å². The van der Waals surface area contributed by atoms with Crippen LogP contribution in [0.5, 0.6) is 23.0 Å². The lowest BCUT2D eigenvalue weighted by Gasteiger charge is -2.33. The Hall–Kier alpha value is -9.15. The summed E-state index contributed by atoms with van der Waals surface area (Å²) >= 11 is 0. The fourth-order valence-electron chi connectivity index (χ4n) is 8.31. The molecule has 0 radical (unpaired) electrons. The summed E-state index contributed by atoms with van der Waals surface area (Å²) in [5, 5.41) is 0. The molecule has 0 saturated carbocycles. The predicted octanol–water partition coefficient (Wildman–Crippen LogP) is 16.2. The zero-order chi connectivity index (χ0) is 50.2. The lowest BCUT2D eigenvalue weighted by molar-refractivity contribution is -0.00352. The van der Waals surface area contributed by atoms with E-state index in [9.17, 15) is 0 Å². The molecule has 0 aromatic heterocycles. The largest absolute Gasteiger partial charge is 0.493 e. The van der Waals surface area contributed by atoms with Crippen LogP contribution in [0, 0.1) is 12.3 Å². The van der Waals surface area contributed by atoms with Crippen molar-refractivity contribution in [1.82, 2.24) is 0 Å². The molecule has 9 aromatic rings. The van der Waals surface area contributed by atoms with Gasteiger partial charge in [-0.05, 0) is 152 Å². The Morgan fingerprint density at radius 3 is 0.973 bits per heavy atom. The molecule has 5 heteroatoms. The number of benzene rings is 9. The first kappa shape index (κ1) is 48.9. The minimum atomic E-state index is -0.848. The van der Waals surface area contributed by atoms with Crippen LogP contribution in [0.25, 0.3) is 22.3 Å². The zero-order valence-electron chi connectivity index (χ0n) is 41.1. The highest BCUT2D eigenvalue weighted by Crippen LogP contribution is 2.32. The van der Waals surface area contributed by atoms with Crippen LogP contribution in [0.2, 0.25) is 0 Å². The molecule has 5 nitrogen and oxygen atoms in total. The molecule has 0 amide bonds. The van der Waals surface area contributed by atoms with Crippen molar-refractivity contribution >= 4 is 33.8 Å². The van der Waals surface area contributed by atoms with Crippen molar-refractivity contribution in [2.75, 3.05) is 26.4 Å². The average Bonchev–Trinajstić information content (AvgIpc) is 3.46. The summed E-state index contributed by atoms with van der Waals surface area (Å²) in [6.45, 7) is 16.0. The maximum Gasteiger partial charge on any atom is 0.119 e. The fraction of sp³-hybridized carbons (Fsp3) is 0.0882. The van der Waals surface area contributed by atoms with Crippen molar-refractivity contribution in [1.29, 1.82) is 0 Å². The van der Waals surface area contributed by atoms with Gasteiger partial charge in [-0.25, -0.2) is 4.99 Å². The van der Waals surface area contributed by atoms with E-state index in [1.165, 1.54) is 0 Å². The molecule has 0 atom stereocenters. The Morgan fingerprint density at radius 2 is 0.644 bits per heavy atom. The molecular weight excluding hydrogens is 895 g/mol. The number of hydrogen-bond donors (Lipinski definition) is 0. The molecule has 0 unspecified atom stereocenters. The SMILES string of the molecule is C=C(c1ccccc1)c1ccc(OCC(COc2ccc(C(=C)c3ccccc3)cc2)(COc2ccc(C(=C)c3ccccc3)cc2)COc2ccc(C(=C=Nc3cccc(C)c3)c3ccccc3)cc2)cc1.